The van der Waals surface area contributed by atoms with Gasteiger partial charge in [-0.2, -0.15) is 0 Å². The average molecular weight is 390 g/mol. The Hall–Kier alpha value is -2.10. The molecule has 0 spiro atoms. The van der Waals surface area contributed by atoms with E-state index in [4.69, 9.17) is 22.8 Å². The first-order valence-corrected chi connectivity index (χ1v) is 9.37. The Morgan fingerprint density at radius 3 is 2.92 bits per heavy atom. The molecule has 2 rings (SSSR count). The van der Waals surface area contributed by atoms with E-state index in [2.05, 4.69) is 16.8 Å². The zero-order chi connectivity index (χ0) is 24.3. The number of nitrogens with two attached hydrogens (primary N) is 1. The predicted octanol–water partition coefficient (Wildman–Crippen LogP) is 0.731. The lowest BCUT2D eigenvalue weighted by Gasteiger charge is -2.23. The number of carbonyl (C=O) groups excluding carboxylic acids is 1. The van der Waals surface area contributed by atoms with Crippen molar-refractivity contribution in [2.75, 3.05) is 33.7 Å². The summed E-state index contributed by atoms with van der Waals surface area (Å²) in [5.74, 6) is -2.39. The maximum atomic E-state index is 12.9. The highest BCUT2D eigenvalue weighted by atomic mass is 32.2. The minimum Gasteiger partial charge on any atom is -0.493 e. The van der Waals surface area contributed by atoms with Crippen molar-refractivity contribution in [1.82, 2.24) is 10.2 Å². The summed E-state index contributed by atoms with van der Waals surface area (Å²) < 4.78 is 77.2. The van der Waals surface area contributed by atoms with Crippen LogP contribution in [0.15, 0.2) is 29.7 Å². The predicted molar refractivity (Wildman–Crippen MR) is 98.0 cm³/mol. The Bertz CT molecular complexity index is 965. The van der Waals surface area contributed by atoms with Gasteiger partial charge in [0.05, 0.1) is 32.8 Å². The highest BCUT2D eigenvalue weighted by Gasteiger charge is 2.26. The van der Waals surface area contributed by atoms with Crippen molar-refractivity contribution in [3.63, 3.8) is 0 Å². The third-order valence-electron chi connectivity index (χ3n) is 4.17. The fourth-order valence-corrected chi connectivity index (χ4v) is 3.48. The molecule has 3 N–H and O–H groups in total. The van der Waals surface area contributed by atoms with Crippen LogP contribution in [0.25, 0.3) is 0 Å². The molecule has 0 saturated carbocycles. The van der Waals surface area contributed by atoms with Crippen molar-refractivity contribution in [2.24, 2.45) is 5.14 Å². The van der Waals surface area contributed by atoms with Gasteiger partial charge in [0.15, 0.2) is 11.5 Å². The molecule has 9 heteroatoms. The van der Waals surface area contributed by atoms with Crippen LogP contribution in [0, 0.1) is 0 Å². The van der Waals surface area contributed by atoms with E-state index >= 15 is 0 Å². The molecule has 1 aliphatic heterocycles. The van der Waals surface area contributed by atoms with E-state index in [1.54, 1.807) is 6.08 Å². The molecular formula is C17H25N3O5S. The largest absolute Gasteiger partial charge is 0.493 e. The lowest BCUT2D eigenvalue weighted by atomic mass is 10.1. The highest BCUT2D eigenvalue weighted by molar-refractivity contribution is 7.89. The summed E-state index contributed by atoms with van der Waals surface area (Å²) >= 11 is 0. The van der Waals surface area contributed by atoms with Crippen LogP contribution >= 0.6 is 0 Å². The smallest absolute Gasteiger partial charge is 0.255 e. The van der Waals surface area contributed by atoms with E-state index in [0.717, 1.165) is 25.5 Å². The lowest BCUT2D eigenvalue weighted by molar-refractivity contribution is 0.0938. The van der Waals surface area contributed by atoms with Crippen LogP contribution in [0.5, 0.6) is 11.5 Å². The van der Waals surface area contributed by atoms with Gasteiger partial charge >= 0.3 is 0 Å². The highest BCUT2D eigenvalue weighted by Crippen LogP contribution is 2.34. The van der Waals surface area contributed by atoms with Crippen molar-refractivity contribution in [3.8, 4) is 11.5 Å². The molecule has 8 nitrogen and oxygen atoms in total. The number of primary sulfonamides is 1. The van der Waals surface area contributed by atoms with E-state index in [0.29, 0.717) is 12.6 Å². The Kier molecular flexibility index (Phi) is 4.30. The van der Waals surface area contributed by atoms with Gasteiger partial charge in [-0.1, -0.05) is 6.08 Å². The molecule has 1 aromatic carbocycles. The van der Waals surface area contributed by atoms with Crippen LogP contribution in [0.3, 0.4) is 0 Å². The number of ether oxygens (including phenoxy) is 2. The number of nitrogens with one attached hydrogen (secondary N) is 1. The van der Waals surface area contributed by atoms with Gasteiger partial charge in [-0.25, -0.2) is 13.6 Å². The van der Waals surface area contributed by atoms with Crippen molar-refractivity contribution < 1.29 is 30.9 Å². The Morgan fingerprint density at radius 1 is 1.50 bits per heavy atom. The summed E-state index contributed by atoms with van der Waals surface area (Å²) in [7, 11) is -10.6. The first-order chi connectivity index (χ1) is 14.6. The van der Waals surface area contributed by atoms with Crippen LogP contribution < -0.4 is 19.9 Å². The summed E-state index contributed by atoms with van der Waals surface area (Å²) in [6, 6.07) is 1.50. The second kappa shape index (κ2) is 8.52. The number of carbonyl (C=O) groups is 1. The molecule has 1 fully saturated rings. The standard InChI is InChI=1S/C17H25N3O5S/c1-4-7-20-8-5-6-12(20)11-19-17(21)14-9-13(26(18,22)23)10-15(24-2)16(14)25-3/h4,9-10,12H,1,5-8,11H2,2-3H3,(H,19,21)(H2,18,22,23)/i2D3,3D3. The molecule has 1 atom stereocenters. The number of rotatable bonds is 8. The van der Waals surface area contributed by atoms with Crippen LogP contribution in [0.1, 0.15) is 31.4 Å². The summed E-state index contributed by atoms with van der Waals surface area (Å²) in [4.78, 5) is 14.4. The van der Waals surface area contributed by atoms with Gasteiger partial charge in [-0.05, 0) is 25.5 Å². The van der Waals surface area contributed by atoms with E-state index < -0.39 is 52.0 Å². The molecule has 1 heterocycles. The minimum absolute atomic E-state index is 0.0107. The van der Waals surface area contributed by atoms with Crippen LogP contribution in [0.2, 0.25) is 0 Å². The van der Waals surface area contributed by atoms with Crippen molar-refractivity contribution in [2.45, 2.75) is 23.8 Å². The number of hydrogen-bond acceptors (Lipinski definition) is 6. The number of sulfonamides is 1. The Morgan fingerprint density at radius 2 is 2.27 bits per heavy atom. The summed E-state index contributed by atoms with van der Waals surface area (Å²) in [5.41, 5.74) is -0.542. The monoisotopic (exact) mass is 389 g/mol. The molecule has 0 radical (unpaired) electrons. The number of likely N-dealkylation sites (tertiary alicyclic amines) is 1. The first-order valence-electron chi connectivity index (χ1n) is 10.8. The van der Waals surface area contributed by atoms with Crippen molar-refractivity contribution in [1.29, 1.82) is 0 Å². The number of hydrogen-bond donors (Lipinski definition) is 2. The third kappa shape index (κ3) is 4.54. The number of methoxy groups -OCH3 is 2. The van der Waals surface area contributed by atoms with Crippen molar-refractivity contribution in [3.05, 3.63) is 30.4 Å². The molecule has 1 saturated heterocycles. The van der Waals surface area contributed by atoms with Gasteiger partial charge in [0.1, 0.15) is 0 Å². The second-order valence-electron chi connectivity index (χ2n) is 5.84. The first kappa shape index (κ1) is 13.1. The molecule has 0 bridgehead atoms. The van der Waals surface area contributed by atoms with Gasteiger partial charge in [0, 0.05) is 25.2 Å². The summed E-state index contributed by atoms with van der Waals surface area (Å²) in [6.07, 6.45) is 3.45. The molecule has 1 aromatic rings. The van der Waals surface area contributed by atoms with Gasteiger partial charge < -0.3 is 14.8 Å². The quantitative estimate of drug-likeness (QED) is 0.634. The Balaban J connectivity index is 2.48. The molecule has 1 amide bonds. The topological polar surface area (TPSA) is 111 Å². The maximum absolute atomic E-state index is 12.9. The van der Waals surface area contributed by atoms with Gasteiger partial charge in [-0.3, -0.25) is 9.69 Å². The molecule has 0 aliphatic carbocycles. The van der Waals surface area contributed by atoms with E-state index in [-0.39, 0.29) is 12.6 Å². The zero-order valence-electron chi connectivity index (χ0n) is 20.0. The van der Waals surface area contributed by atoms with E-state index in [9.17, 15) is 13.2 Å². The normalized spacial score (nSPS) is 22.1. The average Bonchev–Trinajstić information content (AvgIpc) is 3.05. The molecular weight excluding hydrogens is 358 g/mol. The second-order valence-corrected chi connectivity index (χ2v) is 7.40. The summed E-state index contributed by atoms with van der Waals surface area (Å²) in [5, 5.41) is 7.75. The zero-order valence-corrected chi connectivity index (χ0v) is 14.8. The van der Waals surface area contributed by atoms with Crippen molar-refractivity contribution >= 4 is 15.9 Å². The van der Waals surface area contributed by atoms with E-state index in [1.165, 1.54) is 0 Å². The van der Waals surface area contributed by atoms with Gasteiger partial charge in [0.25, 0.3) is 5.91 Å². The molecule has 26 heavy (non-hydrogen) atoms. The fraction of sp³-hybridized carbons (Fsp3) is 0.471. The third-order valence-corrected chi connectivity index (χ3v) is 5.07. The Labute approximate surface area is 162 Å². The minimum atomic E-state index is -4.40. The molecule has 144 valence electrons. The van der Waals surface area contributed by atoms with Crippen LogP contribution in [0.4, 0.5) is 0 Å². The van der Waals surface area contributed by atoms with E-state index in [1.807, 2.05) is 0 Å². The SMILES string of the molecule is [2H]C([2H])([2H])Oc1cc(S(N)(=O)=O)cc(C(=O)NCC2CCCN2CC=C)c1OC([2H])([2H])[2H]. The lowest BCUT2D eigenvalue weighted by Crippen LogP contribution is -2.40. The fourth-order valence-electron chi connectivity index (χ4n) is 2.93. The summed E-state index contributed by atoms with van der Waals surface area (Å²) in [6.45, 7) is 5.30. The van der Waals surface area contributed by atoms with Gasteiger partial charge in [-0.15, -0.1) is 6.58 Å². The van der Waals surface area contributed by atoms with Crippen LogP contribution in [-0.4, -0.2) is 59.0 Å². The molecule has 0 aromatic heterocycles. The van der Waals surface area contributed by atoms with Crippen LogP contribution in [-0.2, 0) is 10.0 Å². The maximum Gasteiger partial charge on any atom is 0.255 e. The molecule has 1 aliphatic rings. The number of amides is 1. The molecule has 1 unspecified atom stereocenters. The number of benzene rings is 1. The van der Waals surface area contributed by atoms with Gasteiger partial charge in [0.2, 0.25) is 10.0 Å². The number of nitrogens with zero attached hydrogens (tertiary/aromatic N) is 1.